The summed E-state index contributed by atoms with van der Waals surface area (Å²) in [4.78, 5) is 12.4. The van der Waals surface area contributed by atoms with Crippen molar-refractivity contribution in [2.75, 3.05) is 7.11 Å². The first-order valence-corrected chi connectivity index (χ1v) is 8.26. The van der Waals surface area contributed by atoms with Gasteiger partial charge < -0.3 is 13.6 Å². The monoisotopic (exact) mass is 342 g/mol. The molecule has 5 aromatic rings. The van der Waals surface area contributed by atoms with E-state index >= 15 is 0 Å². The molecule has 0 radical (unpaired) electrons. The largest absolute Gasteiger partial charge is 0.497 e. The van der Waals surface area contributed by atoms with E-state index in [2.05, 4.69) is 0 Å². The molecule has 126 valence electrons. The van der Waals surface area contributed by atoms with Crippen LogP contribution >= 0.6 is 0 Å². The first kappa shape index (κ1) is 14.8. The molecule has 3 aromatic carbocycles. The molecule has 0 atom stereocenters. The predicted octanol–water partition coefficient (Wildman–Crippen LogP) is 5.37. The van der Waals surface area contributed by atoms with Gasteiger partial charge in [-0.2, -0.15) is 0 Å². The van der Waals surface area contributed by atoms with Crippen LogP contribution in [0.2, 0.25) is 0 Å². The molecule has 0 aliphatic carbocycles. The lowest BCUT2D eigenvalue weighted by atomic mass is 10.0. The van der Waals surface area contributed by atoms with Crippen LogP contribution in [0, 0.1) is 0 Å². The molecular formula is C22H14O4. The van der Waals surface area contributed by atoms with Gasteiger partial charge >= 0.3 is 5.63 Å². The molecule has 4 nitrogen and oxygen atoms in total. The van der Waals surface area contributed by atoms with Crippen molar-refractivity contribution in [3.63, 3.8) is 0 Å². The van der Waals surface area contributed by atoms with Crippen LogP contribution in [0.15, 0.2) is 80.6 Å². The number of rotatable bonds is 2. The maximum absolute atomic E-state index is 12.4. The van der Waals surface area contributed by atoms with Crippen LogP contribution < -0.4 is 10.4 Å². The number of ether oxygens (including phenoxy) is 1. The third-order valence-electron chi connectivity index (χ3n) is 4.70. The topological polar surface area (TPSA) is 52.6 Å². The Morgan fingerprint density at radius 3 is 2.46 bits per heavy atom. The fourth-order valence-electron chi connectivity index (χ4n) is 3.40. The SMILES string of the molecule is COc1ccc2c(c1)c(=O)oc1cc3occ(-c4ccccc4)c3cc12. The zero-order chi connectivity index (χ0) is 17.7. The van der Waals surface area contributed by atoms with E-state index in [0.717, 1.165) is 27.3 Å². The Balaban J connectivity index is 1.88. The normalized spacial score (nSPS) is 11.4. The van der Waals surface area contributed by atoms with E-state index in [0.29, 0.717) is 22.3 Å². The van der Waals surface area contributed by atoms with Crippen LogP contribution in [0.5, 0.6) is 5.75 Å². The number of furan rings is 1. The van der Waals surface area contributed by atoms with Crippen LogP contribution in [-0.4, -0.2) is 7.11 Å². The van der Waals surface area contributed by atoms with Crippen molar-refractivity contribution in [2.24, 2.45) is 0 Å². The van der Waals surface area contributed by atoms with E-state index in [4.69, 9.17) is 13.6 Å². The summed E-state index contributed by atoms with van der Waals surface area (Å²) in [7, 11) is 1.57. The molecule has 0 saturated heterocycles. The summed E-state index contributed by atoms with van der Waals surface area (Å²) in [5, 5.41) is 3.18. The minimum atomic E-state index is -0.388. The fourth-order valence-corrected chi connectivity index (χ4v) is 3.40. The summed E-state index contributed by atoms with van der Waals surface area (Å²) in [5.74, 6) is 0.624. The molecule has 0 aliphatic rings. The van der Waals surface area contributed by atoms with E-state index < -0.39 is 0 Å². The molecule has 0 unspecified atom stereocenters. The van der Waals surface area contributed by atoms with Gasteiger partial charge in [0.15, 0.2) is 0 Å². The van der Waals surface area contributed by atoms with Crippen LogP contribution in [0.25, 0.3) is 43.8 Å². The molecule has 0 N–H and O–H groups in total. The Morgan fingerprint density at radius 1 is 0.808 bits per heavy atom. The van der Waals surface area contributed by atoms with Gasteiger partial charge in [0.2, 0.25) is 0 Å². The smallest absolute Gasteiger partial charge is 0.344 e. The molecule has 0 aliphatic heterocycles. The van der Waals surface area contributed by atoms with Gasteiger partial charge in [-0.05, 0) is 29.8 Å². The van der Waals surface area contributed by atoms with Gasteiger partial charge in [-0.15, -0.1) is 0 Å². The molecule has 4 heteroatoms. The van der Waals surface area contributed by atoms with E-state index in [9.17, 15) is 4.79 Å². The zero-order valence-corrected chi connectivity index (χ0v) is 14.0. The van der Waals surface area contributed by atoms with Gasteiger partial charge in [0.05, 0.1) is 18.8 Å². The maximum atomic E-state index is 12.4. The standard InChI is InChI=1S/C22H14O4/c1-24-14-7-8-15-16-10-17-19(13-5-3-2-4-6-13)12-25-20(17)11-21(16)26-22(23)18(15)9-14/h2-12H,1H3. The Morgan fingerprint density at radius 2 is 1.65 bits per heavy atom. The Labute approximate surface area is 148 Å². The number of hydrogen-bond donors (Lipinski definition) is 0. The second-order valence-corrected chi connectivity index (χ2v) is 6.16. The third kappa shape index (κ3) is 2.12. The minimum absolute atomic E-state index is 0.388. The van der Waals surface area contributed by atoms with Crippen molar-refractivity contribution in [1.82, 2.24) is 0 Å². The van der Waals surface area contributed by atoms with Crippen molar-refractivity contribution in [2.45, 2.75) is 0 Å². The van der Waals surface area contributed by atoms with Gasteiger partial charge in [0, 0.05) is 27.8 Å². The van der Waals surface area contributed by atoms with Gasteiger partial charge in [-0.1, -0.05) is 30.3 Å². The highest BCUT2D eigenvalue weighted by Gasteiger charge is 2.14. The highest BCUT2D eigenvalue weighted by molar-refractivity contribution is 6.11. The van der Waals surface area contributed by atoms with E-state index in [1.165, 1.54) is 0 Å². The van der Waals surface area contributed by atoms with Gasteiger partial charge in [0.1, 0.15) is 16.9 Å². The molecule has 0 bridgehead atoms. The quantitative estimate of drug-likeness (QED) is 0.320. The summed E-state index contributed by atoms with van der Waals surface area (Å²) in [5.41, 5.74) is 2.89. The van der Waals surface area contributed by atoms with E-state index in [-0.39, 0.29) is 5.63 Å². The Hall–Kier alpha value is -3.53. The van der Waals surface area contributed by atoms with Crippen molar-refractivity contribution >= 4 is 32.7 Å². The summed E-state index contributed by atoms with van der Waals surface area (Å²) in [6, 6.07) is 19.3. The van der Waals surface area contributed by atoms with Crippen molar-refractivity contribution in [3.05, 3.63) is 77.3 Å². The van der Waals surface area contributed by atoms with Crippen molar-refractivity contribution < 1.29 is 13.6 Å². The number of fused-ring (bicyclic) bond motifs is 4. The third-order valence-corrected chi connectivity index (χ3v) is 4.70. The number of hydrogen-bond acceptors (Lipinski definition) is 4. The minimum Gasteiger partial charge on any atom is -0.497 e. The summed E-state index contributed by atoms with van der Waals surface area (Å²) in [6.45, 7) is 0. The van der Waals surface area contributed by atoms with Gasteiger partial charge in [0.25, 0.3) is 0 Å². The lowest BCUT2D eigenvalue weighted by Gasteiger charge is -2.05. The first-order chi connectivity index (χ1) is 12.7. The van der Waals surface area contributed by atoms with E-state index in [1.54, 1.807) is 25.5 Å². The highest BCUT2D eigenvalue weighted by atomic mass is 16.5. The summed E-state index contributed by atoms with van der Waals surface area (Å²) in [6.07, 6.45) is 1.74. The zero-order valence-electron chi connectivity index (χ0n) is 14.0. The van der Waals surface area contributed by atoms with E-state index in [1.807, 2.05) is 48.5 Å². The second kappa shape index (κ2) is 5.49. The lowest BCUT2D eigenvalue weighted by Crippen LogP contribution is -2.00. The first-order valence-electron chi connectivity index (χ1n) is 8.26. The van der Waals surface area contributed by atoms with Crippen molar-refractivity contribution in [1.29, 1.82) is 0 Å². The molecule has 2 aromatic heterocycles. The highest BCUT2D eigenvalue weighted by Crippen LogP contribution is 2.35. The molecule has 5 rings (SSSR count). The molecule has 0 fully saturated rings. The van der Waals surface area contributed by atoms with Crippen molar-refractivity contribution in [3.8, 4) is 16.9 Å². The van der Waals surface area contributed by atoms with Gasteiger partial charge in [-0.25, -0.2) is 4.79 Å². The molecule has 0 saturated carbocycles. The number of benzene rings is 3. The number of methoxy groups -OCH3 is 1. The van der Waals surface area contributed by atoms with Crippen LogP contribution in [0.4, 0.5) is 0 Å². The lowest BCUT2D eigenvalue weighted by molar-refractivity contribution is 0.415. The molecule has 0 spiro atoms. The average Bonchev–Trinajstić information content (AvgIpc) is 3.10. The van der Waals surface area contributed by atoms with Gasteiger partial charge in [-0.3, -0.25) is 0 Å². The maximum Gasteiger partial charge on any atom is 0.344 e. The predicted molar refractivity (Wildman–Crippen MR) is 102 cm³/mol. The van der Waals surface area contributed by atoms with Crippen LogP contribution in [-0.2, 0) is 0 Å². The Bertz CT molecular complexity index is 1330. The average molecular weight is 342 g/mol. The fraction of sp³-hybridized carbons (Fsp3) is 0.0455. The summed E-state index contributed by atoms with van der Waals surface area (Å²) < 4.78 is 16.5. The van der Waals surface area contributed by atoms with Crippen LogP contribution in [0.1, 0.15) is 0 Å². The van der Waals surface area contributed by atoms with Crippen LogP contribution in [0.3, 0.4) is 0 Å². The molecular weight excluding hydrogens is 328 g/mol. The summed E-state index contributed by atoms with van der Waals surface area (Å²) >= 11 is 0. The molecule has 2 heterocycles. The molecule has 0 amide bonds. The molecule has 26 heavy (non-hydrogen) atoms. The Kier molecular flexibility index (Phi) is 3.12. The second-order valence-electron chi connectivity index (χ2n) is 6.16.